The number of benzene rings is 3. The zero-order valence-corrected chi connectivity index (χ0v) is 26.4. The van der Waals surface area contributed by atoms with Gasteiger partial charge in [-0.15, -0.1) is 15.3 Å². The fraction of sp³-hybridized carbons (Fsp3) is 0.200. The fourth-order valence-electron chi connectivity index (χ4n) is 5.36. The molecule has 7 aromatic rings. The number of aromatic nitrogens is 12. The highest BCUT2D eigenvalue weighted by molar-refractivity contribution is 5.98. The minimum absolute atomic E-state index is 0.147. The van der Waals surface area contributed by atoms with E-state index in [0.29, 0.717) is 33.1 Å². The Morgan fingerprint density at radius 3 is 1.08 bits per heavy atom. The molecule has 0 saturated heterocycles. The molecule has 51 heavy (non-hydrogen) atoms. The maximum Gasteiger partial charge on any atom is 0.336 e. The number of H-pyrrole nitrogens is 3. The number of carbonyl (C=O) groups is 3. The van der Waals surface area contributed by atoms with Crippen LogP contribution >= 0.6 is 0 Å². The molecule has 0 atom stereocenters. The van der Waals surface area contributed by atoms with Crippen LogP contribution in [0.4, 0.5) is 0 Å². The highest BCUT2D eigenvalue weighted by atomic mass is 16.2. The van der Waals surface area contributed by atoms with E-state index in [1.54, 1.807) is 36.4 Å². The average molecular weight is 694 g/mol. The second kappa shape index (κ2) is 13.7. The first kappa shape index (κ1) is 32.2. The van der Waals surface area contributed by atoms with E-state index in [1.165, 1.54) is 18.2 Å². The molecule has 3 amide bonds. The molecule has 0 radical (unpaired) electrons. The number of fused-ring (bicyclic) bond motifs is 3. The maximum absolute atomic E-state index is 13.5. The smallest absolute Gasteiger partial charge is 0.336 e. The van der Waals surface area contributed by atoms with Gasteiger partial charge < -0.3 is 16.0 Å². The van der Waals surface area contributed by atoms with Crippen molar-refractivity contribution in [3.63, 3.8) is 0 Å². The zero-order chi connectivity index (χ0) is 35.5. The minimum atomic E-state index is -0.942. The molecule has 21 nitrogen and oxygen atoms in total. The molecule has 7 rings (SSSR count). The van der Waals surface area contributed by atoms with E-state index < -0.39 is 34.8 Å². The summed E-state index contributed by atoms with van der Waals surface area (Å²) in [7, 11) is 0. The van der Waals surface area contributed by atoms with E-state index >= 15 is 0 Å². The SMILES string of the molecule is O=C(NCCn1c(=O)n(CCNC(=O)c2ccc3[nH]nnc3c2)c(=O)n(CCNC(=O)c2ccc3[nH]nnc3c2)c1=O)c1ccc2[nH]nnc2c1. The Labute approximate surface area is 283 Å². The van der Waals surface area contributed by atoms with E-state index in [2.05, 4.69) is 62.2 Å². The maximum atomic E-state index is 13.5. The molecule has 0 unspecified atom stereocenters. The molecular formula is C30H27N15O6. The molecule has 258 valence electrons. The Bertz CT molecular complexity index is 2310. The van der Waals surface area contributed by atoms with Gasteiger partial charge in [-0.1, -0.05) is 15.6 Å². The summed E-state index contributed by atoms with van der Waals surface area (Å²) in [5, 5.41) is 38.8. The van der Waals surface area contributed by atoms with Crippen molar-refractivity contribution in [2.75, 3.05) is 19.6 Å². The Morgan fingerprint density at radius 2 is 0.784 bits per heavy atom. The number of aromatic amines is 3. The van der Waals surface area contributed by atoms with Crippen LogP contribution in [0.2, 0.25) is 0 Å². The van der Waals surface area contributed by atoms with Crippen molar-refractivity contribution in [3.8, 4) is 0 Å². The van der Waals surface area contributed by atoms with Gasteiger partial charge in [-0.2, -0.15) is 0 Å². The number of hydrogen-bond donors (Lipinski definition) is 6. The lowest BCUT2D eigenvalue weighted by Gasteiger charge is -2.15. The molecule has 21 heteroatoms. The summed E-state index contributed by atoms with van der Waals surface area (Å²) in [4.78, 5) is 79.0. The van der Waals surface area contributed by atoms with Gasteiger partial charge in [0.15, 0.2) is 0 Å². The predicted octanol–water partition coefficient (Wildman–Crippen LogP) is -1.72. The summed E-state index contributed by atoms with van der Waals surface area (Å²) in [6, 6.07) is 14.2. The highest BCUT2D eigenvalue weighted by Crippen LogP contribution is 2.12. The topological polar surface area (TPSA) is 278 Å². The fourth-order valence-corrected chi connectivity index (χ4v) is 5.36. The van der Waals surface area contributed by atoms with E-state index in [1.807, 2.05) is 0 Å². The lowest BCUT2D eigenvalue weighted by Crippen LogP contribution is -2.56. The Kier molecular flexibility index (Phi) is 8.63. The predicted molar refractivity (Wildman–Crippen MR) is 178 cm³/mol. The lowest BCUT2D eigenvalue weighted by atomic mass is 10.2. The summed E-state index contributed by atoms with van der Waals surface area (Å²) in [6.07, 6.45) is 0. The minimum Gasteiger partial charge on any atom is -0.350 e. The Morgan fingerprint density at radius 1 is 0.490 bits per heavy atom. The Balaban J connectivity index is 1.08. The van der Waals surface area contributed by atoms with Crippen molar-refractivity contribution in [3.05, 3.63) is 103 Å². The number of hydrogen-bond acceptors (Lipinski definition) is 12. The average Bonchev–Trinajstić information content (AvgIpc) is 3.92. The van der Waals surface area contributed by atoms with E-state index in [-0.39, 0.29) is 56.0 Å². The molecule has 0 aliphatic carbocycles. The molecule has 4 aromatic heterocycles. The molecule has 0 fully saturated rings. The summed E-state index contributed by atoms with van der Waals surface area (Å²) in [5.74, 6) is -1.46. The first-order chi connectivity index (χ1) is 24.8. The van der Waals surface area contributed by atoms with Gasteiger partial charge in [0.05, 0.1) is 16.6 Å². The van der Waals surface area contributed by atoms with Crippen LogP contribution in [-0.4, -0.2) is 97.3 Å². The van der Waals surface area contributed by atoms with Crippen molar-refractivity contribution < 1.29 is 14.4 Å². The summed E-state index contributed by atoms with van der Waals surface area (Å²) in [6.45, 7) is -1.30. The molecule has 0 aliphatic rings. The van der Waals surface area contributed by atoms with Gasteiger partial charge in [0.2, 0.25) is 0 Å². The third-order valence-corrected chi connectivity index (χ3v) is 8.01. The van der Waals surface area contributed by atoms with E-state index in [9.17, 15) is 28.8 Å². The number of rotatable bonds is 12. The largest absolute Gasteiger partial charge is 0.350 e. The van der Waals surface area contributed by atoms with Crippen LogP contribution in [0.25, 0.3) is 33.1 Å². The van der Waals surface area contributed by atoms with Crippen LogP contribution in [0.3, 0.4) is 0 Å². The molecule has 6 N–H and O–H groups in total. The van der Waals surface area contributed by atoms with Crippen LogP contribution in [0.15, 0.2) is 69.0 Å². The normalized spacial score (nSPS) is 11.3. The Hall–Kier alpha value is -7.32. The standard InChI is InChI=1S/C30H27N15O6/c46-25(16-1-4-19-22(13-16)37-40-34-19)31-7-10-43-28(49)44(11-8-32-26(47)17-2-5-20-23(14-17)38-41-35-20)30(51)45(29(43)50)12-9-33-27(48)18-3-6-21-24(15-18)39-42-36-21/h1-6,13-15H,7-12H2,(H,31,46)(H,32,47)(H,33,48)(H,34,37,40)(H,35,38,41)(H,36,39,42). The molecule has 0 spiro atoms. The van der Waals surface area contributed by atoms with Gasteiger partial charge in [0.1, 0.15) is 16.6 Å². The summed E-state index contributed by atoms with van der Waals surface area (Å²) >= 11 is 0. The van der Waals surface area contributed by atoms with Gasteiger partial charge in [-0.25, -0.2) is 28.1 Å². The summed E-state index contributed by atoms with van der Waals surface area (Å²) < 4.78 is 2.43. The van der Waals surface area contributed by atoms with Crippen molar-refractivity contribution in [1.29, 1.82) is 0 Å². The second-order valence-corrected chi connectivity index (χ2v) is 11.2. The first-order valence-corrected chi connectivity index (χ1v) is 15.5. The van der Waals surface area contributed by atoms with Crippen LogP contribution in [0.1, 0.15) is 31.1 Å². The molecule has 3 aromatic carbocycles. The lowest BCUT2D eigenvalue weighted by molar-refractivity contribution is 0.0944. The van der Waals surface area contributed by atoms with E-state index in [4.69, 9.17) is 0 Å². The second-order valence-electron chi connectivity index (χ2n) is 11.2. The van der Waals surface area contributed by atoms with Crippen LogP contribution < -0.4 is 33.0 Å². The number of nitrogens with zero attached hydrogens (tertiary/aromatic N) is 9. The number of nitrogens with one attached hydrogen (secondary N) is 6. The van der Waals surface area contributed by atoms with Crippen LogP contribution in [0.5, 0.6) is 0 Å². The van der Waals surface area contributed by atoms with Crippen LogP contribution in [0, 0.1) is 0 Å². The quantitative estimate of drug-likeness (QED) is 0.0833. The monoisotopic (exact) mass is 693 g/mol. The van der Waals surface area contributed by atoms with Crippen molar-refractivity contribution >= 4 is 50.8 Å². The van der Waals surface area contributed by atoms with Gasteiger partial charge in [0, 0.05) is 56.0 Å². The van der Waals surface area contributed by atoms with Crippen molar-refractivity contribution in [2.24, 2.45) is 0 Å². The first-order valence-electron chi connectivity index (χ1n) is 15.5. The van der Waals surface area contributed by atoms with E-state index in [0.717, 1.165) is 13.7 Å². The summed E-state index contributed by atoms with van der Waals surface area (Å²) in [5.41, 5.74) is 1.37. The van der Waals surface area contributed by atoms with Crippen LogP contribution in [-0.2, 0) is 19.6 Å². The third kappa shape index (κ3) is 6.57. The molecule has 0 aliphatic heterocycles. The molecule has 4 heterocycles. The van der Waals surface area contributed by atoms with Gasteiger partial charge in [-0.3, -0.25) is 29.7 Å². The molecule has 0 saturated carbocycles. The number of amides is 3. The zero-order valence-electron chi connectivity index (χ0n) is 26.4. The third-order valence-electron chi connectivity index (χ3n) is 8.01. The molecule has 0 bridgehead atoms. The van der Waals surface area contributed by atoms with Gasteiger partial charge in [-0.05, 0) is 54.6 Å². The van der Waals surface area contributed by atoms with Gasteiger partial charge in [0.25, 0.3) is 17.7 Å². The highest BCUT2D eigenvalue weighted by Gasteiger charge is 2.18. The van der Waals surface area contributed by atoms with Crippen molar-refractivity contribution in [1.82, 2.24) is 75.9 Å². The molecular weight excluding hydrogens is 666 g/mol. The number of carbonyl (C=O) groups excluding carboxylic acids is 3. The van der Waals surface area contributed by atoms with Gasteiger partial charge >= 0.3 is 17.1 Å². The van der Waals surface area contributed by atoms with Crippen molar-refractivity contribution in [2.45, 2.75) is 19.6 Å².